The van der Waals surface area contributed by atoms with Crippen LogP contribution in [0.5, 0.6) is 0 Å². The molecule has 1 aromatic heterocycles. The lowest BCUT2D eigenvalue weighted by molar-refractivity contribution is -0.205. The lowest BCUT2D eigenvalue weighted by Gasteiger charge is -2.64. The van der Waals surface area contributed by atoms with E-state index in [1.807, 2.05) is 11.6 Å². The van der Waals surface area contributed by atoms with Crippen molar-refractivity contribution in [2.45, 2.75) is 128 Å². The number of thiazole rings is 1. The molecule has 1 saturated heterocycles. The number of aliphatic hydroxyl groups is 1. The molecule has 0 unspecified atom stereocenters. The van der Waals surface area contributed by atoms with Gasteiger partial charge >= 0.3 is 0 Å². The third kappa shape index (κ3) is 4.70. The molecule has 4 aliphatic carbocycles. The SMILES string of the molecule is CC1(C)O[C@H]2[C@H](O1)[C@H]1C[C@@H](O[Si](c3ccccc3)(c3ccccc3)C(C)(C)C)CC[C@]1(C)[C@H]1CC[C@@]3(C)[C@@H](CC[C@@]3(O)c3nccs3)[C@H]21. The van der Waals surface area contributed by atoms with Gasteiger partial charge in [-0.1, -0.05) is 95.3 Å². The summed E-state index contributed by atoms with van der Waals surface area (Å²) in [5.74, 6) is 0.992. The molecule has 0 spiro atoms. The summed E-state index contributed by atoms with van der Waals surface area (Å²) in [6, 6.07) is 22.2. The highest BCUT2D eigenvalue weighted by molar-refractivity contribution is 7.09. The zero-order chi connectivity index (χ0) is 33.7. The molecule has 1 aliphatic heterocycles. The number of rotatable bonds is 5. The second kappa shape index (κ2) is 11.3. The molecule has 5 aliphatic rings. The lowest BCUT2D eigenvalue weighted by Crippen LogP contribution is -2.69. The van der Waals surface area contributed by atoms with Gasteiger partial charge in [-0.15, -0.1) is 11.3 Å². The molecule has 2 aromatic carbocycles. The first-order valence-corrected chi connectivity index (χ1v) is 21.3. The van der Waals surface area contributed by atoms with Crippen molar-refractivity contribution in [1.82, 2.24) is 4.98 Å². The van der Waals surface area contributed by atoms with E-state index in [1.54, 1.807) is 11.3 Å². The van der Waals surface area contributed by atoms with Crippen LogP contribution in [0.4, 0.5) is 0 Å². The Labute approximate surface area is 293 Å². The van der Waals surface area contributed by atoms with Crippen LogP contribution < -0.4 is 10.4 Å². The molecule has 8 rings (SSSR count). The molecule has 0 radical (unpaired) electrons. The Balaban J connectivity index is 1.16. The molecule has 3 aromatic rings. The minimum Gasteiger partial charge on any atom is -0.404 e. The average Bonchev–Trinajstić information content (AvgIpc) is 3.77. The molecule has 10 atom stereocenters. The summed E-state index contributed by atoms with van der Waals surface area (Å²) < 4.78 is 21.8. The van der Waals surface area contributed by atoms with Crippen molar-refractivity contribution in [3.05, 3.63) is 77.2 Å². The molecule has 0 amide bonds. The summed E-state index contributed by atoms with van der Waals surface area (Å²) in [6.07, 6.45) is 9.18. The first-order valence-electron chi connectivity index (χ1n) is 18.5. The smallest absolute Gasteiger partial charge is 0.261 e. The second-order valence-corrected chi connectivity index (χ2v) is 23.0. The van der Waals surface area contributed by atoms with Crippen molar-refractivity contribution < 1.29 is 19.0 Å². The number of benzene rings is 2. The number of fused-ring (bicyclic) bond motifs is 8. The Morgan fingerprint density at radius 1 is 0.812 bits per heavy atom. The van der Waals surface area contributed by atoms with Crippen LogP contribution in [-0.4, -0.2) is 42.5 Å². The summed E-state index contributed by atoms with van der Waals surface area (Å²) in [6.45, 7) is 16.3. The maximum atomic E-state index is 12.4. The highest BCUT2D eigenvalue weighted by Crippen LogP contribution is 2.72. The number of ether oxygens (including phenoxy) is 2. The van der Waals surface area contributed by atoms with Gasteiger partial charge in [0.15, 0.2) is 5.79 Å². The zero-order valence-corrected chi connectivity index (χ0v) is 31.8. The summed E-state index contributed by atoms with van der Waals surface area (Å²) in [4.78, 5) is 4.68. The van der Waals surface area contributed by atoms with Crippen molar-refractivity contribution in [3.8, 4) is 0 Å². The summed E-state index contributed by atoms with van der Waals surface area (Å²) in [5, 5.41) is 17.9. The monoisotopic (exact) mass is 685 g/mol. The van der Waals surface area contributed by atoms with E-state index < -0.39 is 19.7 Å². The van der Waals surface area contributed by atoms with Crippen LogP contribution >= 0.6 is 11.3 Å². The Morgan fingerprint density at radius 2 is 1.44 bits per heavy atom. The van der Waals surface area contributed by atoms with E-state index in [2.05, 4.69) is 114 Å². The standard InChI is InChI=1S/C41H55NO4SSi/c1-37(2,3)48(28-14-10-8-11-15-28,29-16-12-9-13-17-29)46-27-18-21-39(6)30-19-22-40(7)31(20-23-41(40,43)36-42-24-25-47-36)33(30)35-34(32(39)26-27)44-38(4,5)45-35/h8-17,24-25,27,30-35,43H,18-23,26H2,1-7H3/t27-,30-,31-,32+,33+,34+,35+,39+,40-,41+/m0/s1. The molecule has 258 valence electrons. The Kier molecular flexibility index (Phi) is 7.84. The molecular weight excluding hydrogens is 631 g/mol. The van der Waals surface area contributed by atoms with Gasteiger partial charge in [-0.3, -0.25) is 0 Å². The number of hydrogen-bond acceptors (Lipinski definition) is 6. The number of aromatic nitrogens is 1. The van der Waals surface area contributed by atoms with Gasteiger partial charge in [0.05, 0.1) is 12.2 Å². The van der Waals surface area contributed by atoms with Gasteiger partial charge in [-0.05, 0) is 103 Å². The van der Waals surface area contributed by atoms with E-state index >= 15 is 0 Å². The fourth-order valence-electron chi connectivity index (χ4n) is 12.0. The van der Waals surface area contributed by atoms with Gasteiger partial charge in [0.2, 0.25) is 0 Å². The predicted octanol–water partition coefficient (Wildman–Crippen LogP) is 8.06. The van der Waals surface area contributed by atoms with Crippen LogP contribution in [0.3, 0.4) is 0 Å². The largest absolute Gasteiger partial charge is 0.404 e. The topological polar surface area (TPSA) is 60.8 Å². The van der Waals surface area contributed by atoms with Crippen molar-refractivity contribution in [1.29, 1.82) is 0 Å². The Hall–Kier alpha value is -1.87. The number of nitrogens with zero attached hydrogens (tertiary/aromatic N) is 1. The normalized spacial score (nSPS) is 40.5. The second-order valence-electron chi connectivity index (χ2n) is 17.8. The predicted molar refractivity (Wildman–Crippen MR) is 195 cm³/mol. The van der Waals surface area contributed by atoms with E-state index in [0.29, 0.717) is 23.7 Å². The lowest BCUT2D eigenvalue weighted by atomic mass is 9.43. The fourth-order valence-corrected chi connectivity index (χ4v) is 17.6. The molecular formula is C41H55NO4SSi. The van der Waals surface area contributed by atoms with E-state index in [0.717, 1.165) is 50.0 Å². The number of hydrogen-bond donors (Lipinski definition) is 1. The van der Waals surface area contributed by atoms with Gasteiger partial charge in [0, 0.05) is 23.1 Å². The summed E-state index contributed by atoms with van der Waals surface area (Å²) in [5.41, 5.74) is -0.968. The highest BCUT2D eigenvalue weighted by Gasteiger charge is 2.71. The van der Waals surface area contributed by atoms with Crippen LogP contribution in [0.2, 0.25) is 5.04 Å². The molecule has 1 N–H and O–H groups in total. The highest BCUT2D eigenvalue weighted by atomic mass is 32.1. The molecule has 0 bridgehead atoms. The van der Waals surface area contributed by atoms with Crippen molar-refractivity contribution in [2.24, 2.45) is 34.5 Å². The van der Waals surface area contributed by atoms with Crippen molar-refractivity contribution in [3.63, 3.8) is 0 Å². The van der Waals surface area contributed by atoms with E-state index in [-0.39, 0.29) is 34.2 Å². The van der Waals surface area contributed by atoms with Gasteiger partial charge in [0.25, 0.3) is 8.32 Å². The molecule has 2 heterocycles. The van der Waals surface area contributed by atoms with Crippen molar-refractivity contribution >= 4 is 30.0 Å². The van der Waals surface area contributed by atoms with Crippen LogP contribution in [-0.2, 0) is 19.5 Å². The third-order valence-electron chi connectivity index (χ3n) is 14.2. The minimum atomic E-state index is -2.69. The summed E-state index contributed by atoms with van der Waals surface area (Å²) in [7, 11) is -2.69. The van der Waals surface area contributed by atoms with E-state index in [1.165, 1.54) is 10.4 Å². The average molecular weight is 686 g/mol. The van der Waals surface area contributed by atoms with Crippen LogP contribution in [0.15, 0.2) is 72.2 Å². The van der Waals surface area contributed by atoms with Gasteiger partial charge in [-0.25, -0.2) is 4.98 Å². The van der Waals surface area contributed by atoms with E-state index in [9.17, 15) is 5.11 Å². The quantitative estimate of drug-likeness (QED) is 0.276. The van der Waals surface area contributed by atoms with Gasteiger partial charge < -0.3 is 19.0 Å². The maximum Gasteiger partial charge on any atom is 0.261 e. The van der Waals surface area contributed by atoms with E-state index in [4.69, 9.17) is 13.9 Å². The molecule has 48 heavy (non-hydrogen) atoms. The van der Waals surface area contributed by atoms with Gasteiger partial charge in [0.1, 0.15) is 10.6 Å². The summed E-state index contributed by atoms with van der Waals surface area (Å²) >= 11 is 1.61. The third-order valence-corrected chi connectivity index (χ3v) is 20.2. The molecule has 7 heteroatoms. The van der Waals surface area contributed by atoms with Crippen LogP contribution in [0.1, 0.15) is 98.4 Å². The van der Waals surface area contributed by atoms with Crippen LogP contribution in [0.25, 0.3) is 0 Å². The Bertz CT molecular complexity index is 1570. The Morgan fingerprint density at radius 3 is 2.04 bits per heavy atom. The molecule has 4 saturated carbocycles. The first kappa shape index (κ1) is 33.3. The minimum absolute atomic E-state index is 0.0210. The van der Waals surface area contributed by atoms with Crippen LogP contribution in [0, 0.1) is 34.5 Å². The van der Waals surface area contributed by atoms with Gasteiger partial charge in [-0.2, -0.15) is 0 Å². The first-order chi connectivity index (χ1) is 22.7. The molecule has 5 fully saturated rings. The fraction of sp³-hybridized carbons (Fsp3) is 0.634. The maximum absolute atomic E-state index is 12.4. The molecule has 5 nitrogen and oxygen atoms in total. The van der Waals surface area contributed by atoms with Crippen molar-refractivity contribution in [2.75, 3.05) is 0 Å². The zero-order valence-electron chi connectivity index (χ0n) is 29.9.